The molecule has 10 heteroatoms. The number of ether oxygens (including phenoxy) is 1. The number of rotatable bonds is 8. The zero-order valence-electron chi connectivity index (χ0n) is 18.5. The van der Waals surface area contributed by atoms with Gasteiger partial charge in [0.25, 0.3) is 5.91 Å². The van der Waals surface area contributed by atoms with E-state index >= 15 is 0 Å². The van der Waals surface area contributed by atoms with Gasteiger partial charge in [0.2, 0.25) is 0 Å². The summed E-state index contributed by atoms with van der Waals surface area (Å²) in [6.45, 7) is 6.24. The molecule has 1 aliphatic heterocycles. The lowest BCUT2D eigenvalue weighted by Crippen LogP contribution is -2.41. The molecule has 0 saturated carbocycles. The van der Waals surface area contributed by atoms with Crippen LogP contribution in [0.4, 0.5) is 17.3 Å². The number of aryl methyl sites for hydroxylation is 1. The van der Waals surface area contributed by atoms with Crippen LogP contribution in [0.1, 0.15) is 27.6 Å². The minimum atomic E-state index is -0.346. The molecule has 10 nitrogen and oxygen atoms in total. The Bertz CT molecular complexity index is 1110. The fraction of sp³-hybridized carbons (Fsp3) is 0.304. The first kappa shape index (κ1) is 22.4. The second-order valence-corrected chi connectivity index (χ2v) is 7.69. The van der Waals surface area contributed by atoms with E-state index in [1.807, 2.05) is 49.4 Å². The number of benzene rings is 1. The van der Waals surface area contributed by atoms with Crippen LogP contribution in [0.3, 0.4) is 0 Å². The highest BCUT2D eigenvalue weighted by atomic mass is 16.5. The Labute approximate surface area is 192 Å². The first-order valence-electron chi connectivity index (χ1n) is 10.9. The molecule has 5 N–H and O–H groups in total. The normalized spacial score (nSPS) is 14.5. The Hall–Kier alpha value is -3.76. The van der Waals surface area contributed by atoms with Crippen molar-refractivity contribution < 1.29 is 9.53 Å². The summed E-state index contributed by atoms with van der Waals surface area (Å²) in [7, 11) is 0. The molecule has 0 radical (unpaired) electrons. The maximum atomic E-state index is 12.9. The van der Waals surface area contributed by atoms with Crippen molar-refractivity contribution in [2.24, 2.45) is 0 Å². The summed E-state index contributed by atoms with van der Waals surface area (Å²) in [6, 6.07) is 11.6. The summed E-state index contributed by atoms with van der Waals surface area (Å²) in [5.74, 6) is 0.973. The van der Waals surface area contributed by atoms with Crippen LogP contribution in [-0.4, -0.2) is 70.4 Å². The van der Waals surface area contributed by atoms with Gasteiger partial charge in [-0.05, 0) is 18.6 Å². The molecule has 172 valence electrons. The lowest BCUT2D eigenvalue weighted by Gasteiger charge is -2.26. The Morgan fingerprint density at radius 2 is 2.00 bits per heavy atom. The molecule has 33 heavy (non-hydrogen) atoms. The lowest BCUT2D eigenvalue weighted by molar-refractivity contribution is 0.0383. The van der Waals surface area contributed by atoms with Crippen LogP contribution in [-0.2, 0) is 4.74 Å². The molecule has 0 bridgehead atoms. The van der Waals surface area contributed by atoms with E-state index in [1.165, 1.54) is 0 Å². The van der Waals surface area contributed by atoms with Gasteiger partial charge in [-0.1, -0.05) is 36.4 Å². The number of hydrogen-bond donors (Lipinski definition) is 4. The molecule has 3 aromatic rings. The fourth-order valence-corrected chi connectivity index (χ4v) is 3.41. The van der Waals surface area contributed by atoms with Crippen molar-refractivity contribution in [3.8, 4) is 0 Å². The van der Waals surface area contributed by atoms with E-state index in [-0.39, 0.29) is 17.3 Å². The van der Waals surface area contributed by atoms with Gasteiger partial charge in [-0.25, -0.2) is 9.97 Å². The second-order valence-electron chi connectivity index (χ2n) is 7.69. The van der Waals surface area contributed by atoms with E-state index < -0.39 is 0 Å². The van der Waals surface area contributed by atoms with Gasteiger partial charge in [0.15, 0.2) is 17.3 Å². The van der Waals surface area contributed by atoms with E-state index in [4.69, 9.17) is 10.5 Å². The van der Waals surface area contributed by atoms with Crippen LogP contribution in [0.2, 0.25) is 0 Å². The third-order valence-corrected chi connectivity index (χ3v) is 5.18. The SMILES string of the molecule is Cc1cc(Nc2nc(C=Cc3ccccc3)nc(C(=O)NCCN3CCOCC3)c2N)[nH]n1. The van der Waals surface area contributed by atoms with Crippen molar-refractivity contribution in [3.05, 3.63) is 59.2 Å². The molecule has 2 aromatic heterocycles. The monoisotopic (exact) mass is 448 g/mol. The van der Waals surface area contributed by atoms with E-state index in [0.717, 1.165) is 30.9 Å². The number of nitrogens with one attached hydrogen (secondary N) is 3. The van der Waals surface area contributed by atoms with Crippen LogP contribution in [0, 0.1) is 6.92 Å². The van der Waals surface area contributed by atoms with Crippen LogP contribution >= 0.6 is 0 Å². The molecule has 0 aliphatic carbocycles. The molecular formula is C23H28N8O2. The number of amides is 1. The number of nitrogen functional groups attached to an aromatic ring is 1. The Morgan fingerprint density at radius 3 is 2.73 bits per heavy atom. The van der Waals surface area contributed by atoms with Gasteiger partial charge >= 0.3 is 0 Å². The number of hydrogen-bond acceptors (Lipinski definition) is 8. The number of H-pyrrole nitrogens is 1. The van der Waals surface area contributed by atoms with Gasteiger partial charge < -0.3 is 21.1 Å². The zero-order valence-corrected chi connectivity index (χ0v) is 18.5. The number of aromatic amines is 1. The number of morpholine rings is 1. The average molecular weight is 449 g/mol. The largest absolute Gasteiger partial charge is 0.394 e. The minimum absolute atomic E-state index is 0.124. The topological polar surface area (TPSA) is 134 Å². The molecule has 1 amide bonds. The summed E-state index contributed by atoms with van der Waals surface area (Å²) in [5.41, 5.74) is 8.40. The molecule has 1 aromatic carbocycles. The van der Waals surface area contributed by atoms with Crippen LogP contribution in [0.15, 0.2) is 36.4 Å². The van der Waals surface area contributed by atoms with Gasteiger partial charge in [0, 0.05) is 32.2 Å². The standard InChI is InChI=1S/C23H28N8O2/c1-16-15-19(30-29-16)28-22-20(24)21(23(32)25-9-10-31-11-13-33-14-12-31)26-18(27-22)8-7-17-5-3-2-4-6-17/h2-8,15H,9-14,24H2,1H3,(H,25,32)(H2,26,27,28,29,30). The predicted molar refractivity (Wildman–Crippen MR) is 128 cm³/mol. The van der Waals surface area contributed by atoms with E-state index in [9.17, 15) is 4.79 Å². The van der Waals surface area contributed by atoms with Gasteiger partial charge in [0.1, 0.15) is 11.5 Å². The van der Waals surface area contributed by atoms with Crippen LogP contribution in [0.25, 0.3) is 12.2 Å². The molecule has 0 atom stereocenters. The van der Waals surface area contributed by atoms with E-state index in [2.05, 4.69) is 35.7 Å². The van der Waals surface area contributed by atoms with Crippen molar-refractivity contribution in [1.82, 2.24) is 30.4 Å². The fourth-order valence-electron chi connectivity index (χ4n) is 3.41. The first-order chi connectivity index (χ1) is 16.1. The number of carbonyl (C=O) groups is 1. The molecule has 0 spiro atoms. The van der Waals surface area contributed by atoms with Gasteiger partial charge in [-0.15, -0.1) is 0 Å². The van der Waals surface area contributed by atoms with Gasteiger partial charge in [0.05, 0.1) is 18.9 Å². The minimum Gasteiger partial charge on any atom is -0.394 e. The van der Waals surface area contributed by atoms with E-state index in [1.54, 1.807) is 6.08 Å². The second kappa shape index (κ2) is 10.7. The van der Waals surface area contributed by atoms with Crippen molar-refractivity contribution in [1.29, 1.82) is 0 Å². The Morgan fingerprint density at radius 1 is 1.21 bits per heavy atom. The predicted octanol–water partition coefficient (Wildman–Crippen LogP) is 2.07. The van der Waals surface area contributed by atoms with Crippen LogP contribution < -0.4 is 16.4 Å². The van der Waals surface area contributed by atoms with Crippen molar-refractivity contribution in [2.45, 2.75) is 6.92 Å². The van der Waals surface area contributed by atoms with Crippen LogP contribution in [0.5, 0.6) is 0 Å². The molecule has 4 rings (SSSR count). The highest BCUT2D eigenvalue weighted by Gasteiger charge is 2.19. The number of aromatic nitrogens is 4. The molecule has 0 unspecified atom stereocenters. The third kappa shape index (κ3) is 6.15. The molecular weight excluding hydrogens is 420 g/mol. The third-order valence-electron chi connectivity index (χ3n) is 5.18. The highest BCUT2D eigenvalue weighted by Crippen LogP contribution is 2.24. The highest BCUT2D eigenvalue weighted by molar-refractivity contribution is 6.00. The number of nitrogens with zero attached hydrogens (tertiary/aromatic N) is 4. The number of anilines is 3. The number of nitrogens with two attached hydrogens (primary N) is 1. The first-order valence-corrected chi connectivity index (χ1v) is 10.9. The van der Waals surface area contributed by atoms with E-state index in [0.29, 0.717) is 37.2 Å². The van der Waals surface area contributed by atoms with Crippen molar-refractivity contribution >= 4 is 35.4 Å². The molecule has 1 saturated heterocycles. The van der Waals surface area contributed by atoms with Crippen molar-refractivity contribution in [3.63, 3.8) is 0 Å². The summed E-state index contributed by atoms with van der Waals surface area (Å²) >= 11 is 0. The zero-order chi connectivity index (χ0) is 23.0. The Kier molecular flexibility index (Phi) is 7.28. The molecule has 1 fully saturated rings. The Balaban J connectivity index is 1.54. The number of carbonyl (C=O) groups excluding carboxylic acids is 1. The summed E-state index contributed by atoms with van der Waals surface area (Å²) < 4.78 is 5.36. The smallest absolute Gasteiger partial charge is 0.272 e. The van der Waals surface area contributed by atoms with Gasteiger partial charge in [-0.3, -0.25) is 14.8 Å². The average Bonchev–Trinajstić information content (AvgIpc) is 3.25. The van der Waals surface area contributed by atoms with Crippen molar-refractivity contribution in [2.75, 3.05) is 50.4 Å². The summed E-state index contributed by atoms with van der Waals surface area (Å²) in [5, 5.41) is 13.0. The molecule has 3 heterocycles. The maximum Gasteiger partial charge on any atom is 0.272 e. The quantitative estimate of drug-likeness (QED) is 0.411. The molecule has 1 aliphatic rings. The summed E-state index contributed by atoms with van der Waals surface area (Å²) in [6.07, 6.45) is 3.64. The van der Waals surface area contributed by atoms with Gasteiger partial charge in [-0.2, -0.15) is 5.10 Å². The maximum absolute atomic E-state index is 12.9. The lowest BCUT2D eigenvalue weighted by atomic mass is 10.2. The summed E-state index contributed by atoms with van der Waals surface area (Å²) in [4.78, 5) is 24.1.